The van der Waals surface area contributed by atoms with Crippen molar-refractivity contribution in [3.05, 3.63) is 46.6 Å². The zero-order valence-electron chi connectivity index (χ0n) is 9.76. The van der Waals surface area contributed by atoms with Crippen LogP contribution in [-0.2, 0) is 0 Å². The molecule has 2 aromatic rings. The summed E-state index contributed by atoms with van der Waals surface area (Å²) in [5.74, 6) is 0.561. The molecule has 0 unspecified atom stereocenters. The lowest BCUT2D eigenvalue weighted by Crippen LogP contribution is -1.99. The maximum Gasteiger partial charge on any atom is 0.223 e. The molecule has 0 spiro atoms. The van der Waals surface area contributed by atoms with E-state index >= 15 is 0 Å². The minimum absolute atomic E-state index is 0.107. The second-order valence-corrected chi connectivity index (χ2v) is 4.10. The van der Waals surface area contributed by atoms with E-state index in [4.69, 9.17) is 17.3 Å². The summed E-state index contributed by atoms with van der Waals surface area (Å²) in [6.07, 6.45) is 1.69. The number of hydrazone groups is 1. The molecule has 0 fully saturated rings. The van der Waals surface area contributed by atoms with Crippen LogP contribution in [-0.4, -0.2) is 16.2 Å². The van der Waals surface area contributed by atoms with E-state index in [2.05, 4.69) is 20.5 Å². The number of benzene rings is 1. The summed E-state index contributed by atoms with van der Waals surface area (Å²) in [6, 6.07) is 9.52. The summed E-state index contributed by atoms with van der Waals surface area (Å²) in [6.45, 7) is 2.03. The van der Waals surface area contributed by atoms with Gasteiger partial charge in [0.05, 0.1) is 6.21 Å². The number of nitrogens with two attached hydrogens (primary N) is 1. The van der Waals surface area contributed by atoms with Crippen LogP contribution in [0.5, 0.6) is 0 Å². The lowest BCUT2D eigenvalue weighted by atomic mass is 10.2. The monoisotopic (exact) mass is 261 g/mol. The average Bonchev–Trinajstić information content (AvgIpc) is 2.30. The van der Waals surface area contributed by atoms with Crippen molar-refractivity contribution in [3.8, 4) is 0 Å². The number of nitrogen functional groups attached to an aromatic ring is 1. The molecule has 1 heterocycles. The number of rotatable bonds is 3. The highest BCUT2D eigenvalue weighted by Crippen LogP contribution is 2.12. The van der Waals surface area contributed by atoms with Crippen LogP contribution in [0.1, 0.15) is 11.1 Å². The largest absolute Gasteiger partial charge is 0.368 e. The van der Waals surface area contributed by atoms with E-state index in [1.807, 2.05) is 31.2 Å². The molecule has 0 atom stereocenters. The summed E-state index contributed by atoms with van der Waals surface area (Å²) in [4.78, 5) is 7.69. The molecule has 0 bridgehead atoms. The molecule has 0 radical (unpaired) electrons. The molecule has 18 heavy (non-hydrogen) atoms. The summed E-state index contributed by atoms with van der Waals surface area (Å²) in [5, 5.41) is 4.32. The van der Waals surface area contributed by atoms with Gasteiger partial charge in [-0.05, 0) is 12.5 Å². The number of hydrogen-bond donors (Lipinski definition) is 2. The van der Waals surface area contributed by atoms with Gasteiger partial charge in [-0.25, -0.2) is 4.98 Å². The van der Waals surface area contributed by atoms with Crippen molar-refractivity contribution in [3.63, 3.8) is 0 Å². The number of aryl methyl sites for hydroxylation is 1. The third-order valence-corrected chi connectivity index (χ3v) is 2.38. The summed E-state index contributed by atoms with van der Waals surface area (Å²) >= 11 is 5.74. The molecule has 2 rings (SSSR count). The predicted molar refractivity (Wildman–Crippen MR) is 73.9 cm³/mol. The molecule has 0 amide bonds. The summed E-state index contributed by atoms with van der Waals surface area (Å²) in [5.41, 5.74) is 10.4. The highest BCUT2D eigenvalue weighted by Gasteiger charge is 1.98. The van der Waals surface area contributed by atoms with Crippen molar-refractivity contribution in [2.75, 3.05) is 11.2 Å². The molecule has 5 nitrogen and oxygen atoms in total. The lowest BCUT2D eigenvalue weighted by molar-refractivity contribution is 1.15. The number of halogens is 1. The summed E-state index contributed by atoms with van der Waals surface area (Å²) < 4.78 is 0. The third kappa shape index (κ3) is 3.43. The first-order chi connectivity index (χ1) is 8.63. The van der Waals surface area contributed by atoms with Crippen LogP contribution in [0.4, 0.5) is 11.8 Å². The molecular formula is C12H12ClN5. The van der Waals surface area contributed by atoms with Gasteiger partial charge in [-0.3, -0.25) is 5.43 Å². The van der Waals surface area contributed by atoms with Gasteiger partial charge in [-0.15, -0.1) is 0 Å². The fourth-order valence-electron chi connectivity index (χ4n) is 1.32. The van der Waals surface area contributed by atoms with E-state index in [1.54, 1.807) is 12.3 Å². The van der Waals surface area contributed by atoms with E-state index < -0.39 is 0 Å². The van der Waals surface area contributed by atoms with Gasteiger partial charge in [0.25, 0.3) is 0 Å². The topological polar surface area (TPSA) is 76.2 Å². The van der Waals surface area contributed by atoms with Gasteiger partial charge in [-0.1, -0.05) is 41.4 Å². The minimum atomic E-state index is 0.107. The highest BCUT2D eigenvalue weighted by atomic mass is 35.5. The zero-order valence-corrected chi connectivity index (χ0v) is 10.5. The Bertz CT molecular complexity index is 545. The quantitative estimate of drug-likeness (QED) is 0.506. The first-order valence-corrected chi connectivity index (χ1v) is 5.67. The molecule has 0 saturated heterocycles. The van der Waals surface area contributed by atoms with Crippen LogP contribution in [0, 0.1) is 6.92 Å². The Morgan fingerprint density at radius 1 is 1.28 bits per heavy atom. The highest BCUT2D eigenvalue weighted by molar-refractivity contribution is 6.29. The Balaban J connectivity index is 2.04. The molecular weight excluding hydrogens is 250 g/mol. The molecule has 0 aliphatic rings. The molecule has 92 valence electrons. The van der Waals surface area contributed by atoms with Gasteiger partial charge in [-0.2, -0.15) is 10.1 Å². The molecule has 3 N–H and O–H groups in total. The number of nitrogens with one attached hydrogen (secondary N) is 1. The first kappa shape index (κ1) is 12.3. The smallest absolute Gasteiger partial charge is 0.223 e. The minimum Gasteiger partial charge on any atom is -0.368 e. The van der Waals surface area contributed by atoms with Crippen molar-refractivity contribution < 1.29 is 0 Å². The first-order valence-electron chi connectivity index (χ1n) is 5.29. The van der Waals surface area contributed by atoms with Crippen molar-refractivity contribution in [1.29, 1.82) is 0 Å². The molecule has 0 saturated carbocycles. The van der Waals surface area contributed by atoms with Crippen LogP contribution in [0.2, 0.25) is 5.15 Å². The van der Waals surface area contributed by atoms with Gasteiger partial charge >= 0.3 is 0 Å². The van der Waals surface area contributed by atoms with Gasteiger partial charge in [0, 0.05) is 6.07 Å². The van der Waals surface area contributed by atoms with Crippen molar-refractivity contribution in [2.45, 2.75) is 6.92 Å². The van der Waals surface area contributed by atoms with Gasteiger partial charge in [0.2, 0.25) is 5.95 Å². The van der Waals surface area contributed by atoms with Gasteiger partial charge < -0.3 is 5.73 Å². The Labute approximate surface area is 110 Å². The molecule has 1 aromatic carbocycles. The van der Waals surface area contributed by atoms with Crippen molar-refractivity contribution in [2.24, 2.45) is 5.10 Å². The predicted octanol–water partition coefficient (Wildman–Crippen LogP) is 2.47. The second-order valence-electron chi connectivity index (χ2n) is 3.71. The van der Waals surface area contributed by atoms with Crippen molar-refractivity contribution >= 4 is 29.6 Å². The summed E-state index contributed by atoms with van der Waals surface area (Å²) in [7, 11) is 0. The van der Waals surface area contributed by atoms with E-state index in [9.17, 15) is 0 Å². The number of anilines is 2. The van der Waals surface area contributed by atoms with Crippen LogP contribution in [0.25, 0.3) is 0 Å². The van der Waals surface area contributed by atoms with E-state index in [1.165, 1.54) is 5.56 Å². The third-order valence-electron chi connectivity index (χ3n) is 2.18. The fraction of sp³-hybridized carbons (Fsp3) is 0.0833. The Hall–Kier alpha value is -2.14. The molecule has 1 aromatic heterocycles. The SMILES string of the molecule is Cc1ccc(/C=N/Nc2cc(Cl)nc(N)n2)cc1. The second kappa shape index (κ2) is 5.46. The van der Waals surface area contributed by atoms with E-state index in [0.717, 1.165) is 5.56 Å². The Kier molecular flexibility index (Phi) is 3.74. The van der Waals surface area contributed by atoms with Crippen LogP contribution in [0.3, 0.4) is 0 Å². The Morgan fingerprint density at radius 3 is 2.67 bits per heavy atom. The van der Waals surface area contributed by atoms with Crippen LogP contribution < -0.4 is 11.2 Å². The maximum atomic E-state index is 5.74. The van der Waals surface area contributed by atoms with E-state index in [-0.39, 0.29) is 11.1 Å². The molecule has 6 heteroatoms. The van der Waals surface area contributed by atoms with Gasteiger partial charge in [0.1, 0.15) is 5.15 Å². The van der Waals surface area contributed by atoms with Crippen LogP contribution >= 0.6 is 11.6 Å². The van der Waals surface area contributed by atoms with Crippen molar-refractivity contribution in [1.82, 2.24) is 9.97 Å². The normalized spacial score (nSPS) is 10.8. The lowest BCUT2D eigenvalue weighted by Gasteiger charge is -2.00. The fourth-order valence-corrected chi connectivity index (χ4v) is 1.51. The average molecular weight is 262 g/mol. The molecule has 0 aliphatic heterocycles. The molecule has 0 aliphatic carbocycles. The number of hydrogen-bond acceptors (Lipinski definition) is 5. The standard InChI is InChI=1S/C12H12ClN5/c1-8-2-4-9(5-3-8)7-15-18-11-6-10(13)16-12(14)17-11/h2-7H,1H3,(H3,14,16,17,18)/b15-7+. The van der Waals surface area contributed by atoms with E-state index in [0.29, 0.717) is 5.82 Å². The van der Waals surface area contributed by atoms with Crippen LogP contribution in [0.15, 0.2) is 35.4 Å². The number of aromatic nitrogens is 2. The zero-order chi connectivity index (χ0) is 13.0. The van der Waals surface area contributed by atoms with Gasteiger partial charge in [0.15, 0.2) is 5.82 Å². The maximum absolute atomic E-state index is 5.74. The number of nitrogens with zero attached hydrogens (tertiary/aromatic N) is 3. The Morgan fingerprint density at radius 2 is 2.00 bits per heavy atom.